The number of hydrogen-bond donors (Lipinski definition) is 1. The first-order valence-corrected chi connectivity index (χ1v) is 8.26. The van der Waals surface area contributed by atoms with Gasteiger partial charge in [0, 0.05) is 12.2 Å². The zero-order valence-corrected chi connectivity index (χ0v) is 14.3. The lowest BCUT2D eigenvalue weighted by atomic mass is 9.93. The molecule has 2 heterocycles. The van der Waals surface area contributed by atoms with Crippen molar-refractivity contribution in [2.24, 2.45) is 0 Å². The van der Waals surface area contributed by atoms with Crippen molar-refractivity contribution in [3.63, 3.8) is 0 Å². The summed E-state index contributed by atoms with van der Waals surface area (Å²) in [5, 5.41) is 3.01. The van der Waals surface area contributed by atoms with Crippen molar-refractivity contribution >= 4 is 5.91 Å². The lowest BCUT2D eigenvalue weighted by molar-refractivity contribution is 0.0884. The van der Waals surface area contributed by atoms with Crippen LogP contribution in [-0.2, 0) is 0 Å². The molecule has 1 fully saturated rings. The summed E-state index contributed by atoms with van der Waals surface area (Å²) >= 11 is 0. The predicted molar refractivity (Wildman–Crippen MR) is 89.5 cm³/mol. The van der Waals surface area contributed by atoms with Crippen molar-refractivity contribution in [3.05, 3.63) is 36.2 Å². The molecule has 8 heteroatoms. The lowest BCUT2D eigenvalue weighted by Crippen LogP contribution is -2.40. The summed E-state index contributed by atoms with van der Waals surface area (Å²) in [6.07, 6.45) is 9.62. The van der Waals surface area contributed by atoms with Crippen LogP contribution in [0.2, 0.25) is 0 Å². The van der Waals surface area contributed by atoms with Crippen LogP contribution in [0.5, 0.6) is 11.8 Å². The summed E-state index contributed by atoms with van der Waals surface area (Å²) in [6.45, 7) is 1.84. The van der Waals surface area contributed by atoms with Crippen molar-refractivity contribution in [1.82, 2.24) is 25.3 Å². The molecule has 0 atom stereocenters. The fourth-order valence-electron chi connectivity index (χ4n) is 2.75. The maximum Gasteiger partial charge on any atom is 0.271 e. The van der Waals surface area contributed by atoms with E-state index >= 15 is 0 Å². The van der Waals surface area contributed by atoms with Gasteiger partial charge in [0.25, 0.3) is 5.91 Å². The number of aromatic nitrogens is 4. The number of hydrogen-bond acceptors (Lipinski definition) is 7. The molecule has 1 N–H and O–H groups in total. The summed E-state index contributed by atoms with van der Waals surface area (Å²) in [5.41, 5.74) is 1.13. The summed E-state index contributed by atoms with van der Waals surface area (Å²) in [7, 11) is 1.54. The average molecular weight is 343 g/mol. The molecule has 2 aromatic heterocycles. The summed E-state index contributed by atoms with van der Waals surface area (Å²) in [4.78, 5) is 28.6. The molecule has 8 nitrogen and oxygen atoms in total. The third-order valence-corrected chi connectivity index (χ3v) is 4.11. The SMILES string of the molecule is COc1cncc(OC2CCC(NC(=O)c3cnc(C)cn3)CC2)n1. The highest BCUT2D eigenvalue weighted by Gasteiger charge is 2.24. The third kappa shape index (κ3) is 4.62. The number of methoxy groups -OCH3 is 1. The number of carbonyl (C=O) groups is 1. The first-order chi connectivity index (χ1) is 12.1. The van der Waals surface area contributed by atoms with Crippen molar-refractivity contribution in [2.75, 3.05) is 7.11 Å². The number of nitrogens with one attached hydrogen (secondary N) is 1. The Morgan fingerprint density at radius 1 is 1.08 bits per heavy atom. The summed E-state index contributed by atoms with van der Waals surface area (Å²) < 4.78 is 10.9. The second-order valence-corrected chi connectivity index (χ2v) is 6.01. The molecule has 0 saturated heterocycles. The first-order valence-electron chi connectivity index (χ1n) is 8.26. The number of amides is 1. The van der Waals surface area contributed by atoms with Gasteiger partial charge in [-0.1, -0.05) is 0 Å². The number of rotatable bonds is 5. The molecule has 132 valence electrons. The van der Waals surface area contributed by atoms with E-state index in [1.54, 1.807) is 19.5 Å². The first kappa shape index (κ1) is 17.1. The molecular formula is C17H21N5O3. The van der Waals surface area contributed by atoms with Gasteiger partial charge in [-0.3, -0.25) is 14.8 Å². The minimum absolute atomic E-state index is 0.0636. The van der Waals surface area contributed by atoms with Gasteiger partial charge in [0.1, 0.15) is 11.8 Å². The van der Waals surface area contributed by atoms with E-state index in [1.165, 1.54) is 12.4 Å². The molecule has 0 radical (unpaired) electrons. The van der Waals surface area contributed by atoms with E-state index in [0.717, 1.165) is 31.4 Å². The molecule has 0 unspecified atom stereocenters. The predicted octanol–water partition coefficient (Wildman–Crippen LogP) is 1.70. The summed E-state index contributed by atoms with van der Waals surface area (Å²) in [5.74, 6) is 0.704. The van der Waals surface area contributed by atoms with E-state index in [-0.39, 0.29) is 18.1 Å². The number of nitrogens with zero attached hydrogens (tertiary/aromatic N) is 4. The van der Waals surface area contributed by atoms with Gasteiger partial charge in [0.15, 0.2) is 0 Å². The molecule has 1 aliphatic rings. The zero-order chi connectivity index (χ0) is 17.6. The molecule has 1 saturated carbocycles. The minimum atomic E-state index is -0.185. The Labute approximate surface area is 146 Å². The average Bonchev–Trinajstić information content (AvgIpc) is 2.64. The van der Waals surface area contributed by atoms with Crippen LogP contribution in [0, 0.1) is 6.92 Å². The van der Waals surface area contributed by atoms with Gasteiger partial charge in [0.2, 0.25) is 11.8 Å². The van der Waals surface area contributed by atoms with Crippen molar-refractivity contribution in [1.29, 1.82) is 0 Å². The number of carbonyl (C=O) groups excluding carboxylic acids is 1. The highest BCUT2D eigenvalue weighted by Crippen LogP contribution is 2.23. The van der Waals surface area contributed by atoms with Gasteiger partial charge < -0.3 is 14.8 Å². The van der Waals surface area contributed by atoms with Gasteiger partial charge in [-0.2, -0.15) is 4.98 Å². The van der Waals surface area contributed by atoms with Crippen molar-refractivity contribution < 1.29 is 14.3 Å². The Morgan fingerprint density at radius 2 is 1.84 bits per heavy atom. The van der Waals surface area contributed by atoms with Gasteiger partial charge in [-0.15, -0.1) is 0 Å². The molecule has 0 spiro atoms. The topological polar surface area (TPSA) is 99.1 Å². The lowest BCUT2D eigenvalue weighted by Gasteiger charge is -2.29. The van der Waals surface area contributed by atoms with Crippen molar-refractivity contribution in [3.8, 4) is 11.8 Å². The van der Waals surface area contributed by atoms with Crippen LogP contribution in [-0.4, -0.2) is 45.1 Å². The summed E-state index contributed by atoms with van der Waals surface area (Å²) in [6, 6.07) is 0.117. The zero-order valence-electron chi connectivity index (χ0n) is 14.3. The maximum absolute atomic E-state index is 12.2. The van der Waals surface area contributed by atoms with E-state index in [0.29, 0.717) is 17.5 Å². The van der Waals surface area contributed by atoms with E-state index in [4.69, 9.17) is 9.47 Å². The van der Waals surface area contributed by atoms with E-state index < -0.39 is 0 Å². The van der Waals surface area contributed by atoms with Gasteiger partial charge in [-0.25, -0.2) is 4.98 Å². The van der Waals surface area contributed by atoms with E-state index in [2.05, 4.69) is 25.3 Å². The Balaban J connectivity index is 1.48. The minimum Gasteiger partial charge on any atom is -0.480 e. The molecule has 0 aromatic carbocycles. The molecule has 3 rings (SSSR count). The van der Waals surface area contributed by atoms with Crippen LogP contribution in [0.15, 0.2) is 24.8 Å². The Kier molecular flexibility index (Phi) is 5.37. The van der Waals surface area contributed by atoms with Gasteiger partial charge in [0.05, 0.1) is 31.4 Å². The fraction of sp³-hybridized carbons (Fsp3) is 0.471. The third-order valence-electron chi connectivity index (χ3n) is 4.11. The molecule has 0 bridgehead atoms. The molecule has 25 heavy (non-hydrogen) atoms. The second kappa shape index (κ2) is 7.87. The quantitative estimate of drug-likeness (QED) is 0.882. The normalized spacial score (nSPS) is 19.9. The molecular weight excluding hydrogens is 322 g/mol. The second-order valence-electron chi connectivity index (χ2n) is 6.01. The van der Waals surface area contributed by atoms with Crippen LogP contribution < -0.4 is 14.8 Å². The van der Waals surface area contributed by atoms with E-state index in [9.17, 15) is 4.79 Å². The Bertz CT molecular complexity index is 714. The fourth-order valence-corrected chi connectivity index (χ4v) is 2.75. The smallest absolute Gasteiger partial charge is 0.271 e. The molecule has 1 aliphatic carbocycles. The molecule has 1 amide bonds. The maximum atomic E-state index is 12.2. The Hall–Kier alpha value is -2.77. The van der Waals surface area contributed by atoms with Crippen LogP contribution in [0.25, 0.3) is 0 Å². The highest BCUT2D eigenvalue weighted by atomic mass is 16.5. The largest absolute Gasteiger partial charge is 0.480 e. The van der Waals surface area contributed by atoms with Gasteiger partial charge in [-0.05, 0) is 32.6 Å². The number of aryl methyl sites for hydroxylation is 1. The van der Waals surface area contributed by atoms with Crippen LogP contribution in [0.1, 0.15) is 41.9 Å². The van der Waals surface area contributed by atoms with Crippen LogP contribution in [0.4, 0.5) is 0 Å². The molecule has 0 aliphatic heterocycles. The van der Waals surface area contributed by atoms with E-state index in [1.807, 2.05) is 6.92 Å². The van der Waals surface area contributed by atoms with Crippen LogP contribution >= 0.6 is 0 Å². The highest BCUT2D eigenvalue weighted by molar-refractivity contribution is 5.92. The monoisotopic (exact) mass is 343 g/mol. The number of ether oxygens (including phenoxy) is 2. The van der Waals surface area contributed by atoms with Crippen molar-refractivity contribution in [2.45, 2.75) is 44.8 Å². The Morgan fingerprint density at radius 3 is 2.52 bits per heavy atom. The van der Waals surface area contributed by atoms with Gasteiger partial charge >= 0.3 is 0 Å². The van der Waals surface area contributed by atoms with Crippen LogP contribution in [0.3, 0.4) is 0 Å². The molecule has 2 aromatic rings. The standard InChI is InChI=1S/C17H21N5O3/c1-11-7-20-14(8-19-11)17(23)21-12-3-5-13(6-4-12)25-16-10-18-9-15(22-16)24-2/h7-10,12-13H,3-6H2,1-2H3,(H,21,23).